The molecule has 1 aromatic heterocycles. The molecule has 1 aliphatic rings. The van der Waals surface area contributed by atoms with E-state index in [1.54, 1.807) is 17.4 Å². The maximum absolute atomic E-state index is 13.1. The Labute approximate surface area is 246 Å². The molecule has 1 fully saturated rings. The number of aromatic nitrogens is 1. The van der Waals surface area contributed by atoms with E-state index in [-0.39, 0.29) is 25.0 Å². The molecule has 0 spiro atoms. The van der Waals surface area contributed by atoms with Crippen molar-refractivity contribution in [3.8, 4) is 11.1 Å². The first-order valence-corrected chi connectivity index (χ1v) is 14.2. The molecule has 3 aromatic rings. The van der Waals surface area contributed by atoms with E-state index in [4.69, 9.17) is 4.74 Å². The molecule has 1 heterocycles. The van der Waals surface area contributed by atoms with Crippen LogP contribution in [0.2, 0.25) is 0 Å². The number of aliphatic hydroxyl groups excluding tert-OH is 1. The molecule has 0 radical (unpaired) electrons. The van der Waals surface area contributed by atoms with Gasteiger partial charge in [-0.25, -0.2) is 4.79 Å². The summed E-state index contributed by atoms with van der Waals surface area (Å²) in [5.74, 6) is -1.07. The minimum atomic E-state index is -1.38. The van der Waals surface area contributed by atoms with Crippen molar-refractivity contribution in [3.05, 3.63) is 75.7 Å². The molecule has 2 aromatic carbocycles. The second-order valence-corrected chi connectivity index (χ2v) is 10.9. The molecule has 1 aliphatic carbocycles. The molecule has 1 amide bonds. The predicted octanol–water partition coefficient (Wildman–Crippen LogP) is 5.26. The number of amides is 1. The van der Waals surface area contributed by atoms with Gasteiger partial charge in [0.1, 0.15) is 0 Å². The molecular formula is C30H37LiN2O5S. The molecule has 2 unspecified atom stereocenters. The number of carboxylic acids is 1. The zero-order valence-electron chi connectivity index (χ0n) is 21.8. The van der Waals surface area contributed by atoms with Crippen LogP contribution in [-0.4, -0.2) is 58.6 Å². The molecule has 4 rings (SSSR count). The third-order valence-corrected chi connectivity index (χ3v) is 8.20. The van der Waals surface area contributed by atoms with Crippen LogP contribution in [0.3, 0.4) is 0 Å². The Morgan fingerprint density at radius 3 is 2.56 bits per heavy atom. The van der Waals surface area contributed by atoms with Crippen molar-refractivity contribution in [2.75, 3.05) is 6.61 Å². The van der Waals surface area contributed by atoms with Crippen LogP contribution in [0.5, 0.6) is 0 Å². The number of benzene rings is 2. The molecular weight excluding hydrogens is 507 g/mol. The molecule has 3 N–H and O–H groups in total. The summed E-state index contributed by atoms with van der Waals surface area (Å²) in [7, 11) is 0. The minimum absolute atomic E-state index is 0. The second kappa shape index (κ2) is 15.4. The topological polar surface area (TPSA) is 109 Å². The van der Waals surface area contributed by atoms with Crippen molar-refractivity contribution < 1.29 is 24.5 Å². The fourth-order valence-corrected chi connectivity index (χ4v) is 5.85. The fourth-order valence-electron chi connectivity index (χ4n) is 5.15. The van der Waals surface area contributed by atoms with Crippen molar-refractivity contribution >= 4 is 42.1 Å². The van der Waals surface area contributed by atoms with Crippen molar-refractivity contribution in [3.63, 3.8) is 0 Å². The van der Waals surface area contributed by atoms with E-state index < -0.39 is 24.5 Å². The van der Waals surface area contributed by atoms with Gasteiger partial charge < -0.3 is 20.3 Å². The van der Waals surface area contributed by atoms with Gasteiger partial charge in [0.25, 0.3) is 5.91 Å². The van der Waals surface area contributed by atoms with Gasteiger partial charge >= 0.3 is 24.8 Å². The molecule has 9 heteroatoms. The molecule has 0 saturated heterocycles. The summed E-state index contributed by atoms with van der Waals surface area (Å²) in [5.41, 5.74) is 5.67. The van der Waals surface area contributed by atoms with Gasteiger partial charge in [-0.1, -0.05) is 62.4 Å². The molecule has 0 bridgehead atoms. The zero-order chi connectivity index (χ0) is 26.9. The number of carbonyl (C=O) groups excluding carboxylic acids is 1. The zero-order valence-corrected chi connectivity index (χ0v) is 22.6. The monoisotopic (exact) mass is 544 g/mol. The summed E-state index contributed by atoms with van der Waals surface area (Å²) in [6.07, 6.45) is 10.6. The third kappa shape index (κ3) is 8.50. The van der Waals surface area contributed by atoms with E-state index in [1.165, 1.54) is 32.1 Å². The van der Waals surface area contributed by atoms with E-state index in [9.17, 15) is 19.8 Å². The van der Waals surface area contributed by atoms with Crippen LogP contribution in [0, 0.1) is 12.8 Å². The van der Waals surface area contributed by atoms with Crippen LogP contribution in [-0.2, 0) is 16.1 Å². The summed E-state index contributed by atoms with van der Waals surface area (Å²) in [4.78, 5) is 29.8. The van der Waals surface area contributed by atoms with Crippen LogP contribution < -0.4 is 5.32 Å². The number of aryl methyl sites for hydroxylation is 1. The summed E-state index contributed by atoms with van der Waals surface area (Å²) in [5, 5.41) is 21.1. The Balaban J connectivity index is 0.00000420. The summed E-state index contributed by atoms with van der Waals surface area (Å²) < 4.78 is 6.46. The molecule has 2 atom stereocenters. The predicted molar refractivity (Wildman–Crippen MR) is 155 cm³/mol. The van der Waals surface area contributed by atoms with Gasteiger partial charge in [-0.15, -0.1) is 11.3 Å². The number of rotatable bonds is 12. The first-order valence-electron chi connectivity index (χ1n) is 13.3. The standard InChI is InChI=1S/C30H36N2O5S.Li.H/c1-20-7-5-6-10-23(20)25-15-22(11-13-24(25)29(34)32-26(17-33)30(35)36)18-37-27(28-16-31-19-38-28)14-12-21-8-3-2-4-9-21;;/h5-7,10-11,13,15-16,19,21,26-27,33H,2-4,8-9,12,14,17-18H2,1H3,(H,32,34)(H,35,36);;. The number of aliphatic carboxylic acids is 1. The Hall–Kier alpha value is -2.47. The third-order valence-electron chi connectivity index (χ3n) is 7.33. The summed E-state index contributed by atoms with van der Waals surface area (Å²) in [6, 6.07) is 11.9. The van der Waals surface area contributed by atoms with Crippen molar-refractivity contribution in [2.45, 2.75) is 70.6 Å². The number of nitrogens with zero attached hydrogens (tertiary/aromatic N) is 1. The number of hydrogen-bond donors (Lipinski definition) is 3. The quantitative estimate of drug-likeness (QED) is 0.268. The van der Waals surface area contributed by atoms with Gasteiger partial charge in [-0.2, -0.15) is 0 Å². The van der Waals surface area contributed by atoms with Gasteiger partial charge in [0.2, 0.25) is 0 Å². The fraction of sp³-hybridized carbons (Fsp3) is 0.433. The first-order chi connectivity index (χ1) is 18.5. The number of hydrogen-bond acceptors (Lipinski definition) is 6. The van der Waals surface area contributed by atoms with Gasteiger partial charge in [0, 0.05) is 11.8 Å². The van der Waals surface area contributed by atoms with E-state index in [2.05, 4.69) is 10.3 Å². The SMILES string of the molecule is Cc1ccccc1-c1cc(COC(CCC2CCCCC2)c2cncs2)ccc1C(=O)NC(CO)C(=O)O.[LiH]. The molecule has 0 aliphatic heterocycles. The van der Waals surface area contributed by atoms with E-state index in [1.807, 2.05) is 55.0 Å². The Bertz CT molecular complexity index is 1210. The van der Waals surface area contributed by atoms with Gasteiger partial charge in [-0.3, -0.25) is 9.78 Å². The number of nitrogens with one attached hydrogen (secondary N) is 1. The molecule has 204 valence electrons. The number of ether oxygens (including phenoxy) is 1. The average molecular weight is 545 g/mol. The van der Waals surface area contributed by atoms with E-state index >= 15 is 0 Å². The number of carbonyl (C=O) groups is 2. The summed E-state index contributed by atoms with van der Waals surface area (Å²) >= 11 is 1.61. The Morgan fingerprint density at radius 2 is 1.90 bits per heavy atom. The maximum atomic E-state index is 13.1. The van der Waals surface area contributed by atoms with Crippen LogP contribution >= 0.6 is 11.3 Å². The molecule has 7 nitrogen and oxygen atoms in total. The van der Waals surface area contributed by atoms with Gasteiger partial charge in [0.05, 0.1) is 29.7 Å². The number of carboxylic acid groups (broad SMARTS) is 1. The average Bonchev–Trinajstić information content (AvgIpc) is 3.47. The number of aliphatic hydroxyl groups is 1. The van der Waals surface area contributed by atoms with Gasteiger partial charge in [0.15, 0.2) is 6.04 Å². The first kappa shape index (κ1) is 31.1. The number of thiazole rings is 1. The van der Waals surface area contributed by atoms with Crippen LogP contribution in [0.15, 0.2) is 54.2 Å². The van der Waals surface area contributed by atoms with Crippen LogP contribution in [0.4, 0.5) is 0 Å². The normalized spacial score (nSPS) is 15.2. The van der Waals surface area contributed by atoms with Crippen LogP contribution in [0.25, 0.3) is 11.1 Å². The Kier molecular flexibility index (Phi) is 12.2. The van der Waals surface area contributed by atoms with Gasteiger partial charge in [-0.05, 0) is 60.1 Å². The molecule has 39 heavy (non-hydrogen) atoms. The Morgan fingerprint density at radius 1 is 1.13 bits per heavy atom. The van der Waals surface area contributed by atoms with Crippen LogP contribution in [0.1, 0.15) is 77.4 Å². The van der Waals surface area contributed by atoms with Crippen molar-refractivity contribution in [1.29, 1.82) is 0 Å². The van der Waals surface area contributed by atoms with Crippen molar-refractivity contribution in [1.82, 2.24) is 10.3 Å². The summed E-state index contributed by atoms with van der Waals surface area (Å²) in [6.45, 7) is 1.66. The van der Waals surface area contributed by atoms with Crippen molar-refractivity contribution in [2.24, 2.45) is 5.92 Å². The van der Waals surface area contributed by atoms with E-state index in [0.717, 1.165) is 40.3 Å². The van der Waals surface area contributed by atoms with E-state index in [0.29, 0.717) is 17.7 Å². The molecule has 1 saturated carbocycles. The second-order valence-electron chi connectivity index (χ2n) is 10.0.